The zero-order chi connectivity index (χ0) is 28.8. The SMILES string of the molecule is CC[C@@H](C(C)C)n1ncn(-c2ncc(N3CCN(c4ccc(B5OC(C)(C)C(C)(C)O5)cc4)CC3)cc2F)c1=O. The predicted molar refractivity (Wildman–Crippen MR) is 156 cm³/mol. The molecule has 1 aromatic carbocycles. The lowest BCUT2D eigenvalue weighted by Crippen LogP contribution is -2.46. The molecule has 0 aliphatic carbocycles. The molecule has 0 N–H and O–H groups in total. The van der Waals surface area contributed by atoms with Gasteiger partial charge in [-0.15, -0.1) is 0 Å². The van der Waals surface area contributed by atoms with Crippen LogP contribution in [-0.2, 0) is 9.31 Å². The summed E-state index contributed by atoms with van der Waals surface area (Å²) >= 11 is 0. The van der Waals surface area contributed by atoms with Crippen molar-refractivity contribution >= 4 is 24.0 Å². The minimum Gasteiger partial charge on any atom is -0.399 e. The van der Waals surface area contributed by atoms with Crippen molar-refractivity contribution in [3.63, 3.8) is 0 Å². The topological polar surface area (TPSA) is 77.7 Å². The first-order valence-electron chi connectivity index (χ1n) is 14.2. The highest BCUT2D eigenvalue weighted by atomic mass is 19.1. The van der Waals surface area contributed by atoms with Crippen LogP contribution in [0.3, 0.4) is 0 Å². The molecule has 4 heterocycles. The molecule has 214 valence electrons. The molecule has 2 aliphatic heterocycles. The molecule has 2 aromatic heterocycles. The van der Waals surface area contributed by atoms with Gasteiger partial charge in [0.2, 0.25) is 0 Å². The molecular formula is C29H40BFN6O3. The van der Waals surface area contributed by atoms with Crippen molar-refractivity contribution in [3.05, 3.63) is 59.2 Å². The van der Waals surface area contributed by atoms with Gasteiger partial charge in [-0.05, 0) is 57.6 Å². The van der Waals surface area contributed by atoms with E-state index in [9.17, 15) is 4.79 Å². The Morgan fingerprint density at radius 2 is 1.55 bits per heavy atom. The smallest absolute Gasteiger partial charge is 0.399 e. The Balaban J connectivity index is 1.23. The number of pyridine rings is 1. The standard InChI is InChI=1S/C29H40BFN6O3/c1-8-25(20(2)3)37-27(38)36(19-33-37)26-24(31)17-23(18-32-26)35-15-13-34(14-16-35)22-11-9-21(10-12-22)30-39-28(4,5)29(6,7)40-30/h9-12,17-20,25H,8,13-16H2,1-7H3/t25-/m0/s1. The summed E-state index contributed by atoms with van der Waals surface area (Å²) < 4.78 is 30.2. The number of hydrogen-bond acceptors (Lipinski definition) is 7. The average molecular weight is 550 g/mol. The van der Waals surface area contributed by atoms with Gasteiger partial charge in [0.05, 0.1) is 29.1 Å². The maximum absolute atomic E-state index is 15.2. The molecule has 2 saturated heterocycles. The van der Waals surface area contributed by atoms with Crippen molar-refractivity contribution in [2.24, 2.45) is 5.92 Å². The molecule has 2 aliphatic rings. The summed E-state index contributed by atoms with van der Waals surface area (Å²) in [4.78, 5) is 21.7. The second-order valence-corrected chi connectivity index (χ2v) is 12.1. The summed E-state index contributed by atoms with van der Waals surface area (Å²) in [6.45, 7) is 17.4. The zero-order valence-electron chi connectivity index (χ0n) is 24.6. The number of halogens is 1. The Bertz CT molecular complexity index is 1380. The minimum atomic E-state index is -0.544. The number of anilines is 2. The Kier molecular flexibility index (Phi) is 7.56. The van der Waals surface area contributed by atoms with Crippen molar-refractivity contribution < 1.29 is 13.7 Å². The highest BCUT2D eigenvalue weighted by Crippen LogP contribution is 2.36. The summed E-state index contributed by atoms with van der Waals surface area (Å²) in [5.74, 6) is -0.338. The van der Waals surface area contributed by atoms with E-state index in [-0.39, 0.29) is 41.8 Å². The third-order valence-electron chi connectivity index (χ3n) is 8.66. The number of hydrogen-bond donors (Lipinski definition) is 0. The van der Waals surface area contributed by atoms with Crippen LogP contribution in [0, 0.1) is 11.7 Å². The van der Waals surface area contributed by atoms with Gasteiger partial charge in [-0.25, -0.2) is 23.4 Å². The lowest BCUT2D eigenvalue weighted by molar-refractivity contribution is 0.00578. The van der Waals surface area contributed by atoms with Crippen LogP contribution < -0.4 is 21.0 Å². The van der Waals surface area contributed by atoms with Gasteiger partial charge >= 0.3 is 12.8 Å². The van der Waals surface area contributed by atoms with E-state index in [4.69, 9.17) is 9.31 Å². The fourth-order valence-corrected chi connectivity index (χ4v) is 5.43. The third-order valence-corrected chi connectivity index (χ3v) is 8.66. The lowest BCUT2D eigenvalue weighted by atomic mass is 9.79. The van der Waals surface area contributed by atoms with Crippen LogP contribution in [0.2, 0.25) is 0 Å². The molecule has 0 radical (unpaired) electrons. The Hall–Kier alpha value is -3.18. The van der Waals surface area contributed by atoms with E-state index >= 15 is 4.39 Å². The van der Waals surface area contributed by atoms with E-state index in [0.717, 1.165) is 43.8 Å². The highest BCUT2D eigenvalue weighted by Gasteiger charge is 2.51. The van der Waals surface area contributed by atoms with Crippen molar-refractivity contribution in [3.8, 4) is 5.82 Å². The fraction of sp³-hybridized carbons (Fsp3) is 0.552. The number of benzene rings is 1. The molecule has 2 fully saturated rings. The highest BCUT2D eigenvalue weighted by molar-refractivity contribution is 6.62. The number of rotatable bonds is 7. The van der Waals surface area contributed by atoms with E-state index in [0.29, 0.717) is 5.69 Å². The van der Waals surface area contributed by atoms with Crippen LogP contribution in [0.5, 0.6) is 0 Å². The average Bonchev–Trinajstić information content (AvgIpc) is 3.39. The van der Waals surface area contributed by atoms with Gasteiger partial charge in [0.25, 0.3) is 0 Å². The van der Waals surface area contributed by atoms with Gasteiger partial charge in [0, 0.05) is 37.9 Å². The van der Waals surface area contributed by atoms with Gasteiger partial charge in [0.1, 0.15) is 6.33 Å². The van der Waals surface area contributed by atoms with Crippen LogP contribution >= 0.6 is 0 Å². The van der Waals surface area contributed by atoms with Gasteiger partial charge < -0.3 is 19.1 Å². The summed E-state index contributed by atoms with van der Waals surface area (Å²) in [7, 11) is -0.380. The molecule has 40 heavy (non-hydrogen) atoms. The maximum Gasteiger partial charge on any atom is 0.494 e. The van der Waals surface area contributed by atoms with Crippen LogP contribution in [0.15, 0.2) is 47.7 Å². The first-order valence-corrected chi connectivity index (χ1v) is 14.2. The first kappa shape index (κ1) is 28.4. The third kappa shape index (κ3) is 5.17. The number of piperazine rings is 1. The maximum atomic E-state index is 15.2. The van der Waals surface area contributed by atoms with Crippen molar-refractivity contribution in [2.45, 2.75) is 72.1 Å². The normalized spacial score (nSPS) is 19.5. The minimum absolute atomic E-state index is 0.0284. The molecule has 9 nitrogen and oxygen atoms in total. The predicted octanol–water partition coefficient (Wildman–Crippen LogP) is 3.80. The van der Waals surface area contributed by atoms with E-state index in [1.807, 2.05) is 20.8 Å². The second kappa shape index (κ2) is 10.7. The molecule has 11 heteroatoms. The summed E-state index contributed by atoms with van der Waals surface area (Å²) in [6, 6.07) is 9.75. The quantitative estimate of drug-likeness (QED) is 0.415. The molecule has 0 saturated carbocycles. The number of nitrogens with zero attached hydrogens (tertiary/aromatic N) is 6. The fourth-order valence-electron chi connectivity index (χ4n) is 5.43. The lowest BCUT2D eigenvalue weighted by Gasteiger charge is -2.37. The molecule has 0 spiro atoms. The zero-order valence-corrected chi connectivity index (χ0v) is 24.6. The van der Waals surface area contributed by atoms with Crippen LogP contribution in [0.1, 0.15) is 60.9 Å². The van der Waals surface area contributed by atoms with Crippen LogP contribution in [0.25, 0.3) is 5.82 Å². The Morgan fingerprint density at radius 3 is 2.08 bits per heavy atom. The molecular weight excluding hydrogens is 510 g/mol. The van der Waals surface area contributed by atoms with Crippen molar-refractivity contribution in [2.75, 3.05) is 36.0 Å². The molecule has 0 bridgehead atoms. The Morgan fingerprint density at radius 1 is 0.975 bits per heavy atom. The Labute approximate surface area is 236 Å². The van der Waals surface area contributed by atoms with E-state index in [1.165, 1.54) is 21.6 Å². The van der Waals surface area contributed by atoms with Crippen LogP contribution in [0.4, 0.5) is 15.8 Å². The van der Waals surface area contributed by atoms with Gasteiger partial charge in [0.15, 0.2) is 11.6 Å². The van der Waals surface area contributed by atoms with Crippen molar-refractivity contribution in [1.29, 1.82) is 0 Å². The molecule has 5 rings (SSSR count). The van der Waals surface area contributed by atoms with E-state index in [2.05, 4.69) is 71.8 Å². The van der Waals surface area contributed by atoms with Gasteiger partial charge in [-0.1, -0.05) is 32.9 Å². The van der Waals surface area contributed by atoms with Gasteiger partial charge in [-0.3, -0.25) is 0 Å². The van der Waals surface area contributed by atoms with E-state index < -0.39 is 5.82 Å². The molecule has 1 atom stereocenters. The monoisotopic (exact) mass is 550 g/mol. The summed E-state index contributed by atoms with van der Waals surface area (Å²) in [5.41, 5.74) is 1.71. The largest absolute Gasteiger partial charge is 0.494 e. The molecule has 0 amide bonds. The molecule has 3 aromatic rings. The van der Waals surface area contributed by atoms with Crippen molar-refractivity contribution in [1.82, 2.24) is 19.3 Å². The first-order chi connectivity index (χ1) is 18.9. The summed E-state index contributed by atoms with van der Waals surface area (Å²) in [6.07, 6.45) is 3.76. The van der Waals surface area contributed by atoms with E-state index in [1.54, 1.807) is 6.20 Å². The molecule has 0 unspecified atom stereocenters. The second-order valence-electron chi connectivity index (χ2n) is 12.1. The number of aromatic nitrogens is 4. The summed E-state index contributed by atoms with van der Waals surface area (Å²) in [5, 5.41) is 4.25. The van der Waals surface area contributed by atoms with Gasteiger partial charge in [-0.2, -0.15) is 5.10 Å². The van der Waals surface area contributed by atoms with Crippen LogP contribution in [-0.4, -0.2) is 63.8 Å².